The Kier molecular flexibility index (Phi) is 7.84. The number of hydrogen-bond donors (Lipinski definition) is 2. The molecule has 7 heteroatoms. The number of nitrogens with one attached hydrogen (secondary N) is 1. The molecule has 0 radical (unpaired) electrons. The first-order valence-corrected chi connectivity index (χ1v) is 13.6. The fourth-order valence-electron chi connectivity index (χ4n) is 5.84. The molecule has 0 saturated heterocycles. The molecule has 0 spiro atoms. The summed E-state index contributed by atoms with van der Waals surface area (Å²) >= 11 is 13.0. The highest BCUT2D eigenvalue weighted by Crippen LogP contribution is 2.47. The van der Waals surface area contributed by atoms with Crippen molar-refractivity contribution in [2.75, 3.05) is 6.54 Å². The molecule has 2 aliphatic rings. The first-order valence-electron chi connectivity index (χ1n) is 12.9. The maximum Gasteiger partial charge on any atom is 0.255 e. The summed E-state index contributed by atoms with van der Waals surface area (Å²) in [6.07, 6.45) is 4.36. The molecule has 3 aromatic carbocycles. The van der Waals surface area contributed by atoms with E-state index in [2.05, 4.69) is 5.32 Å². The van der Waals surface area contributed by atoms with Crippen LogP contribution in [0.1, 0.15) is 64.7 Å². The van der Waals surface area contributed by atoms with E-state index in [-0.39, 0.29) is 23.9 Å². The van der Waals surface area contributed by atoms with Gasteiger partial charge in [0.25, 0.3) is 5.91 Å². The standard InChI is InChI=1S/C30H31Cl2N3O2/c31-20-14-15-23(24(32)18-20)28-27(29(36)34-17-16-19-8-2-1-3-9-19)21-10-4-5-11-22(21)30(37)35(28)26-13-7-6-12-25(26)33/h1-5,8-11,14-15,18,25-28H,6-7,12-13,16-17,33H2,(H,34,36)/t25-,26-,27+,28-/m0/s1. The average Bonchev–Trinajstić information content (AvgIpc) is 2.90. The van der Waals surface area contributed by atoms with Crippen LogP contribution in [0.4, 0.5) is 0 Å². The van der Waals surface area contributed by atoms with Gasteiger partial charge in [0, 0.05) is 34.2 Å². The molecular formula is C30H31Cl2N3O2. The maximum absolute atomic E-state index is 14.1. The van der Waals surface area contributed by atoms with Crippen LogP contribution >= 0.6 is 23.2 Å². The van der Waals surface area contributed by atoms with Crippen molar-refractivity contribution in [1.29, 1.82) is 0 Å². The minimum Gasteiger partial charge on any atom is -0.355 e. The van der Waals surface area contributed by atoms with Gasteiger partial charge in [-0.25, -0.2) is 0 Å². The Morgan fingerprint density at radius 3 is 2.43 bits per heavy atom. The van der Waals surface area contributed by atoms with E-state index >= 15 is 0 Å². The Bertz CT molecular complexity index is 1280. The lowest BCUT2D eigenvalue weighted by Gasteiger charge is -2.48. The summed E-state index contributed by atoms with van der Waals surface area (Å²) in [7, 11) is 0. The molecule has 1 aliphatic carbocycles. The van der Waals surface area contributed by atoms with Crippen molar-refractivity contribution >= 4 is 35.0 Å². The van der Waals surface area contributed by atoms with Crippen LogP contribution in [0.3, 0.4) is 0 Å². The number of benzene rings is 3. The quantitative estimate of drug-likeness (QED) is 0.412. The monoisotopic (exact) mass is 535 g/mol. The Labute approximate surface area is 227 Å². The third-order valence-electron chi connectivity index (χ3n) is 7.63. The first-order chi connectivity index (χ1) is 18.0. The number of fused-ring (bicyclic) bond motifs is 1. The van der Waals surface area contributed by atoms with Crippen molar-refractivity contribution in [3.8, 4) is 0 Å². The molecule has 1 fully saturated rings. The van der Waals surface area contributed by atoms with E-state index in [4.69, 9.17) is 28.9 Å². The molecule has 5 nitrogen and oxygen atoms in total. The molecular weight excluding hydrogens is 505 g/mol. The average molecular weight is 537 g/mol. The fourth-order valence-corrected chi connectivity index (χ4v) is 6.36. The maximum atomic E-state index is 14.1. The van der Waals surface area contributed by atoms with E-state index < -0.39 is 12.0 Å². The normalized spacial score (nSPS) is 23.4. The zero-order valence-electron chi connectivity index (χ0n) is 20.6. The van der Waals surface area contributed by atoms with Crippen molar-refractivity contribution < 1.29 is 9.59 Å². The zero-order chi connectivity index (χ0) is 25.9. The summed E-state index contributed by atoms with van der Waals surface area (Å²) in [5.41, 5.74) is 9.72. The molecule has 0 aromatic heterocycles. The number of carbonyl (C=O) groups is 2. The van der Waals surface area contributed by atoms with E-state index in [0.29, 0.717) is 39.7 Å². The third kappa shape index (κ3) is 5.26. The van der Waals surface area contributed by atoms with E-state index in [1.807, 2.05) is 65.6 Å². The summed E-state index contributed by atoms with van der Waals surface area (Å²) in [6.45, 7) is 0.486. The van der Waals surface area contributed by atoms with Gasteiger partial charge >= 0.3 is 0 Å². The van der Waals surface area contributed by atoms with Gasteiger partial charge in [-0.15, -0.1) is 0 Å². The van der Waals surface area contributed by atoms with Crippen LogP contribution in [-0.4, -0.2) is 35.3 Å². The topological polar surface area (TPSA) is 75.4 Å². The van der Waals surface area contributed by atoms with E-state index in [0.717, 1.165) is 31.2 Å². The van der Waals surface area contributed by atoms with Crippen LogP contribution in [0.5, 0.6) is 0 Å². The van der Waals surface area contributed by atoms with Crippen LogP contribution in [0.25, 0.3) is 0 Å². The highest BCUT2D eigenvalue weighted by molar-refractivity contribution is 6.35. The summed E-state index contributed by atoms with van der Waals surface area (Å²) in [5, 5.41) is 4.08. The Morgan fingerprint density at radius 2 is 1.68 bits per heavy atom. The smallest absolute Gasteiger partial charge is 0.255 e. The van der Waals surface area contributed by atoms with Gasteiger partial charge in [0.05, 0.1) is 12.0 Å². The fraction of sp³-hybridized carbons (Fsp3) is 0.333. The van der Waals surface area contributed by atoms with E-state index in [1.165, 1.54) is 0 Å². The summed E-state index contributed by atoms with van der Waals surface area (Å²) < 4.78 is 0. The predicted molar refractivity (Wildman–Crippen MR) is 148 cm³/mol. The van der Waals surface area contributed by atoms with Gasteiger partial charge in [-0.3, -0.25) is 9.59 Å². The molecule has 3 N–H and O–H groups in total. The molecule has 5 rings (SSSR count). The summed E-state index contributed by atoms with van der Waals surface area (Å²) in [4.78, 5) is 29.9. The lowest BCUT2D eigenvalue weighted by atomic mass is 9.76. The number of hydrogen-bond acceptors (Lipinski definition) is 3. The lowest BCUT2D eigenvalue weighted by Crippen LogP contribution is -2.57. The van der Waals surface area contributed by atoms with Crippen molar-refractivity contribution in [2.45, 2.75) is 56.1 Å². The molecule has 4 atom stereocenters. The highest BCUT2D eigenvalue weighted by Gasteiger charge is 2.48. The van der Waals surface area contributed by atoms with Crippen LogP contribution in [0.15, 0.2) is 72.8 Å². The Morgan fingerprint density at radius 1 is 0.946 bits per heavy atom. The lowest BCUT2D eigenvalue weighted by molar-refractivity contribution is -0.124. The summed E-state index contributed by atoms with van der Waals surface area (Å²) in [5.74, 6) is -0.888. The molecule has 0 bridgehead atoms. The van der Waals surface area contributed by atoms with Crippen molar-refractivity contribution in [3.05, 3.63) is 105 Å². The van der Waals surface area contributed by atoms with Crippen LogP contribution in [-0.2, 0) is 11.2 Å². The van der Waals surface area contributed by atoms with E-state index in [9.17, 15) is 9.59 Å². The molecule has 1 saturated carbocycles. The zero-order valence-corrected chi connectivity index (χ0v) is 22.1. The Hall–Kier alpha value is -2.86. The van der Waals surface area contributed by atoms with Crippen molar-refractivity contribution in [1.82, 2.24) is 10.2 Å². The molecule has 3 aromatic rings. The highest BCUT2D eigenvalue weighted by atomic mass is 35.5. The second-order valence-electron chi connectivity index (χ2n) is 9.93. The first kappa shape index (κ1) is 25.8. The van der Waals surface area contributed by atoms with Crippen LogP contribution < -0.4 is 11.1 Å². The molecule has 192 valence electrons. The second-order valence-corrected chi connectivity index (χ2v) is 10.8. The van der Waals surface area contributed by atoms with Crippen LogP contribution in [0, 0.1) is 0 Å². The van der Waals surface area contributed by atoms with Gasteiger partial charge < -0.3 is 16.0 Å². The molecule has 2 amide bonds. The number of halogens is 2. The molecule has 0 unspecified atom stereocenters. The number of nitrogens with two attached hydrogens (primary N) is 1. The van der Waals surface area contributed by atoms with Gasteiger partial charge in [0.15, 0.2) is 0 Å². The number of rotatable bonds is 6. The Balaban J connectivity index is 1.57. The van der Waals surface area contributed by atoms with Crippen molar-refractivity contribution in [3.63, 3.8) is 0 Å². The number of nitrogens with zero attached hydrogens (tertiary/aromatic N) is 1. The second kappa shape index (κ2) is 11.3. The van der Waals surface area contributed by atoms with Gasteiger partial charge in [0.1, 0.15) is 0 Å². The largest absolute Gasteiger partial charge is 0.355 e. The predicted octanol–water partition coefficient (Wildman–Crippen LogP) is 5.90. The minimum atomic E-state index is -0.641. The summed E-state index contributed by atoms with van der Waals surface area (Å²) in [6, 6.07) is 21.8. The SMILES string of the molecule is N[C@H]1CCCC[C@@H]1N1C(=O)c2ccccc2[C@@H](C(=O)NCCc2ccccc2)[C@@H]1c1ccc(Cl)cc1Cl. The van der Waals surface area contributed by atoms with E-state index in [1.54, 1.807) is 12.1 Å². The minimum absolute atomic E-state index is 0.109. The van der Waals surface area contributed by atoms with Crippen LogP contribution in [0.2, 0.25) is 10.0 Å². The molecule has 1 heterocycles. The van der Waals surface area contributed by atoms with Gasteiger partial charge in [0.2, 0.25) is 5.91 Å². The molecule has 37 heavy (non-hydrogen) atoms. The van der Waals surface area contributed by atoms with Gasteiger partial charge in [-0.2, -0.15) is 0 Å². The number of carbonyl (C=O) groups excluding carboxylic acids is 2. The third-order valence-corrected chi connectivity index (χ3v) is 8.20. The van der Waals surface area contributed by atoms with Crippen molar-refractivity contribution in [2.24, 2.45) is 5.73 Å². The van der Waals surface area contributed by atoms with Gasteiger partial charge in [-0.05, 0) is 54.2 Å². The number of amides is 2. The molecule has 1 aliphatic heterocycles. The van der Waals surface area contributed by atoms with Gasteiger partial charge in [-0.1, -0.05) is 90.6 Å².